The number of nitrogens with one attached hydrogen (secondary N) is 1. The van der Waals surface area contributed by atoms with Gasteiger partial charge in [0.15, 0.2) is 14.9 Å². The minimum atomic E-state index is -2.94. The number of nitrogens with zero attached hydrogens (tertiary/aromatic N) is 1. The van der Waals surface area contributed by atoms with Crippen molar-refractivity contribution >= 4 is 32.9 Å². The molecule has 1 aromatic carbocycles. The Labute approximate surface area is 112 Å². The summed E-state index contributed by atoms with van der Waals surface area (Å²) in [5.41, 5.74) is 2.13. The molecule has 4 nitrogen and oxygen atoms in total. The second kappa shape index (κ2) is 3.93. The molecule has 2 saturated heterocycles. The van der Waals surface area contributed by atoms with E-state index in [1.807, 2.05) is 36.1 Å². The van der Waals surface area contributed by atoms with Gasteiger partial charge in [0.05, 0.1) is 23.6 Å². The Balaban J connectivity index is 1.96. The first-order valence-corrected chi connectivity index (χ1v) is 8.06. The summed E-state index contributed by atoms with van der Waals surface area (Å²) < 4.78 is 23.3. The fraction of sp³-hybridized carbons (Fsp3) is 0.417. The Morgan fingerprint density at radius 1 is 1.28 bits per heavy atom. The molecular formula is C12H14N2O2S2. The average molecular weight is 282 g/mol. The van der Waals surface area contributed by atoms with Crippen molar-refractivity contribution in [3.05, 3.63) is 29.8 Å². The maximum atomic E-state index is 11.7. The highest BCUT2D eigenvalue weighted by Crippen LogP contribution is 2.29. The molecule has 1 N–H and O–H groups in total. The van der Waals surface area contributed by atoms with Crippen LogP contribution in [-0.4, -0.2) is 37.1 Å². The van der Waals surface area contributed by atoms with E-state index in [2.05, 4.69) is 5.32 Å². The van der Waals surface area contributed by atoms with Crippen LogP contribution in [0.2, 0.25) is 0 Å². The van der Waals surface area contributed by atoms with E-state index in [1.54, 1.807) is 0 Å². The number of hydrogen-bond donors (Lipinski definition) is 1. The third-order valence-corrected chi connectivity index (χ3v) is 5.53. The molecular weight excluding hydrogens is 268 g/mol. The van der Waals surface area contributed by atoms with Crippen molar-refractivity contribution in [1.82, 2.24) is 5.32 Å². The lowest BCUT2D eigenvalue weighted by molar-refractivity contribution is 0.600. The summed E-state index contributed by atoms with van der Waals surface area (Å²) in [7, 11) is -2.94. The predicted octanol–water partition coefficient (Wildman–Crippen LogP) is 0.855. The lowest BCUT2D eigenvalue weighted by Crippen LogP contribution is -2.36. The molecule has 3 rings (SSSR count). The van der Waals surface area contributed by atoms with Gasteiger partial charge >= 0.3 is 0 Å². The zero-order chi connectivity index (χ0) is 12.9. The van der Waals surface area contributed by atoms with Gasteiger partial charge in [0.2, 0.25) is 0 Å². The maximum Gasteiger partial charge on any atom is 0.174 e. The van der Waals surface area contributed by atoms with Crippen LogP contribution in [0, 0.1) is 6.92 Å². The zero-order valence-electron chi connectivity index (χ0n) is 9.96. The largest absolute Gasteiger partial charge is 0.356 e. The minimum absolute atomic E-state index is 0.0646. The molecule has 2 aliphatic heterocycles. The van der Waals surface area contributed by atoms with Crippen LogP contribution in [0.15, 0.2) is 24.3 Å². The van der Waals surface area contributed by atoms with E-state index in [4.69, 9.17) is 12.2 Å². The summed E-state index contributed by atoms with van der Waals surface area (Å²) >= 11 is 5.30. The number of rotatable bonds is 1. The van der Waals surface area contributed by atoms with Gasteiger partial charge in [-0.2, -0.15) is 0 Å². The van der Waals surface area contributed by atoms with E-state index < -0.39 is 9.84 Å². The predicted molar refractivity (Wildman–Crippen MR) is 75.6 cm³/mol. The lowest BCUT2D eigenvalue weighted by atomic mass is 10.1. The number of benzene rings is 1. The van der Waals surface area contributed by atoms with Crippen LogP contribution < -0.4 is 10.2 Å². The zero-order valence-corrected chi connectivity index (χ0v) is 11.6. The number of thiocarbonyl (C=S) groups is 1. The Morgan fingerprint density at radius 3 is 2.61 bits per heavy atom. The van der Waals surface area contributed by atoms with Gasteiger partial charge in [0.1, 0.15) is 0 Å². The summed E-state index contributed by atoms with van der Waals surface area (Å²) in [6.07, 6.45) is 0. The number of hydrogen-bond acceptors (Lipinski definition) is 3. The summed E-state index contributed by atoms with van der Waals surface area (Å²) in [6.45, 7) is 2.02. The quantitative estimate of drug-likeness (QED) is 0.774. The summed E-state index contributed by atoms with van der Waals surface area (Å²) in [5.74, 6) is 0.360. The van der Waals surface area contributed by atoms with E-state index in [-0.39, 0.29) is 23.6 Å². The molecule has 0 aromatic heterocycles. The van der Waals surface area contributed by atoms with Gasteiger partial charge in [-0.15, -0.1) is 0 Å². The second-order valence-corrected chi connectivity index (χ2v) is 7.45. The van der Waals surface area contributed by atoms with Crippen molar-refractivity contribution in [3.8, 4) is 0 Å². The molecule has 1 aromatic rings. The van der Waals surface area contributed by atoms with Crippen LogP contribution in [0.4, 0.5) is 5.69 Å². The first-order chi connectivity index (χ1) is 8.46. The maximum absolute atomic E-state index is 11.7. The van der Waals surface area contributed by atoms with Crippen molar-refractivity contribution in [3.63, 3.8) is 0 Å². The van der Waals surface area contributed by atoms with E-state index in [0.29, 0.717) is 5.11 Å². The minimum Gasteiger partial charge on any atom is -0.356 e. The monoisotopic (exact) mass is 282 g/mol. The van der Waals surface area contributed by atoms with Crippen molar-refractivity contribution in [2.24, 2.45) is 0 Å². The van der Waals surface area contributed by atoms with Gasteiger partial charge in [-0.3, -0.25) is 0 Å². The van der Waals surface area contributed by atoms with Gasteiger partial charge < -0.3 is 10.2 Å². The van der Waals surface area contributed by atoms with Crippen LogP contribution in [0.3, 0.4) is 0 Å². The normalized spacial score (nSPS) is 29.2. The number of aryl methyl sites for hydroxylation is 1. The van der Waals surface area contributed by atoms with Crippen molar-refractivity contribution < 1.29 is 8.42 Å². The smallest absolute Gasteiger partial charge is 0.174 e. The Hall–Kier alpha value is -1.14. The summed E-state index contributed by atoms with van der Waals surface area (Å²) in [5, 5.41) is 3.74. The third kappa shape index (κ3) is 1.89. The summed E-state index contributed by atoms with van der Waals surface area (Å²) in [4.78, 5) is 1.93. The average Bonchev–Trinajstić information content (AvgIpc) is 2.70. The molecule has 0 bridgehead atoms. The van der Waals surface area contributed by atoms with Crippen LogP contribution in [0.1, 0.15) is 5.56 Å². The SMILES string of the molecule is Cc1ccc(N2C(=S)N[C@H]3CS(=O)(=O)C[C@@H]32)cc1. The summed E-state index contributed by atoms with van der Waals surface area (Å²) in [6, 6.07) is 7.85. The topological polar surface area (TPSA) is 49.4 Å². The lowest BCUT2D eigenvalue weighted by Gasteiger charge is -2.23. The number of anilines is 1. The highest BCUT2D eigenvalue weighted by atomic mass is 32.2. The van der Waals surface area contributed by atoms with Gasteiger partial charge in [0.25, 0.3) is 0 Å². The Kier molecular flexibility index (Phi) is 2.60. The molecule has 6 heteroatoms. The molecule has 96 valence electrons. The van der Waals surface area contributed by atoms with Gasteiger partial charge in [-0.1, -0.05) is 17.7 Å². The molecule has 0 amide bonds. The molecule has 0 unspecified atom stereocenters. The first kappa shape index (κ1) is 11.9. The van der Waals surface area contributed by atoms with Gasteiger partial charge in [-0.25, -0.2) is 8.42 Å². The van der Waals surface area contributed by atoms with E-state index in [9.17, 15) is 8.42 Å². The van der Waals surface area contributed by atoms with Crippen LogP contribution in [0.25, 0.3) is 0 Å². The molecule has 2 aliphatic rings. The Morgan fingerprint density at radius 2 is 1.94 bits per heavy atom. The number of sulfone groups is 1. The van der Waals surface area contributed by atoms with Gasteiger partial charge in [-0.05, 0) is 31.3 Å². The fourth-order valence-electron chi connectivity index (χ4n) is 2.61. The molecule has 18 heavy (non-hydrogen) atoms. The molecule has 2 atom stereocenters. The van der Waals surface area contributed by atoms with Crippen LogP contribution in [-0.2, 0) is 9.84 Å². The van der Waals surface area contributed by atoms with E-state index >= 15 is 0 Å². The highest BCUT2D eigenvalue weighted by molar-refractivity contribution is 7.91. The van der Waals surface area contributed by atoms with Crippen molar-refractivity contribution in [2.45, 2.75) is 19.0 Å². The molecule has 0 radical (unpaired) electrons. The van der Waals surface area contributed by atoms with E-state index in [1.165, 1.54) is 5.56 Å². The fourth-order valence-corrected chi connectivity index (χ4v) is 4.90. The second-order valence-electron chi connectivity index (χ2n) is 4.91. The molecule has 0 aliphatic carbocycles. The first-order valence-electron chi connectivity index (χ1n) is 5.83. The molecule has 2 heterocycles. The Bertz CT molecular complexity index is 595. The van der Waals surface area contributed by atoms with Crippen LogP contribution in [0.5, 0.6) is 0 Å². The standard InChI is InChI=1S/C12H14N2O2S2/c1-8-2-4-9(5-3-8)14-11-7-18(15,16)6-10(11)13-12(14)17/h2-5,10-11H,6-7H2,1H3,(H,13,17)/t10-,11-/m0/s1. The van der Waals surface area contributed by atoms with E-state index in [0.717, 1.165) is 5.69 Å². The van der Waals surface area contributed by atoms with Crippen LogP contribution >= 0.6 is 12.2 Å². The third-order valence-electron chi connectivity index (χ3n) is 3.49. The highest BCUT2D eigenvalue weighted by Gasteiger charge is 2.47. The van der Waals surface area contributed by atoms with Crippen molar-refractivity contribution in [2.75, 3.05) is 16.4 Å². The number of fused-ring (bicyclic) bond motifs is 1. The van der Waals surface area contributed by atoms with Gasteiger partial charge in [0, 0.05) is 5.69 Å². The van der Waals surface area contributed by atoms with Crippen molar-refractivity contribution in [1.29, 1.82) is 0 Å². The molecule has 0 spiro atoms. The molecule has 2 fully saturated rings. The molecule has 0 saturated carbocycles.